The first-order valence-electron chi connectivity index (χ1n) is 8.28. The van der Waals surface area contributed by atoms with E-state index < -0.39 is 0 Å². The van der Waals surface area contributed by atoms with Gasteiger partial charge in [-0.1, -0.05) is 23.7 Å². The lowest BCUT2D eigenvalue weighted by atomic mass is 10.1. The third kappa shape index (κ3) is 3.00. The average molecular weight is 469 g/mol. The summed E-state index contributed by atoms with van der Waals surface area (Å²) < 4.78 is 2.93. The van der Waals surface area contributed by atoms with Gasteiger partial charge in [0.25, 0.3) is 0 Å². The van der Waals surface area contributed by atoms with Crippen molar-refractivity contribution in [2.75, 3.05) is 18.1 Å². The van der Waals surface area contributed by atoms with Crippen molar-refractivity contribution >= 4 is 45.7 Å². The molecule has 4 rings (SSSR count). The zero-order chi connectivity index (χ0) is 17.6. The number of aliphatic hydroxyl groups excluding tert-OH is 1. The van der Waals surface area contributed by atoms with Crippen LogP contribution in [0.2, 0.25) is 5.02 Å². The summed E-state index contributed by atoms with van der Waals surface area (Å²) in [7, 11) is 0. The molecule has 1 atom stereocenters. The highest BCUT2D eigenvalue weighted by Crippen LogP contribution is 2.32. The summed E-state index contributed by atoms with van der Waals surface area (Å²) in [5.74, 6) is 0.886. The van der Waals surface area contributed by atoms with Gasteiger partial charge in [0.1, 0.15) is 5.82 Å². The summed E-state index contributed by atoms with van der Waals surface area (Å²) in [6.45, 7) is 3.05. The molecular formula is C18H18ClIN4O. The number of halogens is 2. The molecule has 5 nitrogen and oxygen atoms in total. The van der Waals surface area contributed by atoms with Crippen LogP contribution in [0, 0.1) is 10.5 Å². The molecule has 0 amide bonds. The average Bonchev–Trinajstić information content (AvgIpc) is 3.19. The molecule has 0 radical (unpaired) electrons. The maximum atomic E-state index is 9.69. The van der Waals surface area contributed by atoms with E-state index in [1.807, 2.05) is 35.7 Å². The largest absolute Gasteiger partial charge is 0.394 e. The van der Waals surface area contributed by atoms with Gasteiger partial charge in [-0.15, -0.1) is 0 Å². The lowest BCUT2D eigenvalue weighted by molar-refractivity contribution is 0.266. The Morgan fingerprint density at radius 3 is 2.96 bits per heavy atom. The van der Waals surface area contributed by atoms with Gasteiger partial charge in [-0.25, -0.2) is 9.50 Å². The van der Waals surface area contributed by atoms with E-state index in [9.17, 15) is 5.11 Å². The second kappa shape index (κ2) is 6.74. The first-order valence-corrected chi connectivity index (χ1v) is 9.73. The van der Waals surface area contributed by atoms with Gasteiger partial charge in [0.2, 0.25) is 0 Å². The van der Waals surface area contributed by atoms with Gasteiger partial charge in [0, 0.05) is 23.2 Å². The van der Waals surface area contributed by atoms with Crippen LogP contribution in [0.5, 0.6) is 0 Å². The van der Waals surface area contributed by atoms with Crippen molar-refractivity contribution < 1.29 is 5.11 Å². The SMILES string of the molecule is Cc1nn2c(-c3cccc(Cl)c3)cc(N3CCC[C@H]3CO)nc2c1I. The first kappa shape index (κ1) is 17.1. The van der Waals surface area contributed by atoms with E-state index in [4.69, 9.17) is 16.6 Å². The molecule has 7 heteroatoms. The number of rotatable bonds is 3. The first-order chi connectivity index (χ1) is 12.1. The molecule has 1 aromatic carbocycles. The van der Waals surface area contributed by atoms with Crippen molar-refractivity contribution in [2.24, 2.45) is 0 Å². The fraction of sp³-hybridized carbons (Fsp3) is 0.333. The van der Waals surface area contributed by atoms with Gasteiger partial charge in [-0.2, -0.15) is 5.10 Å². The van der Waals surface area contributed by atoms with Crippen molar-refractivity contribution in [3.8, 4) is 11.3 Å². The monoisotopic (exact) mass is 468 g/mol. The maximum absolute atomic E-state index is 9.69. The minimum atomic E-state index is 0.129. The molecule has 0 saturated carbocycles. The fourth-order valence-corrected chi connectivity index (χ4v) is 4.06. The number of nitrogens with zero attached hydrogens (tertiary/aromatic N) is 4. The van der Waals surface area contributed by atoms with Gasteiger partial charge in [-0.3, -0.25) is 0 Å². The fourth-order valence-electron chi connectivity index (χ4n) is 3.41. The summed E-state index contributed by atoms with van der Waals surface area (Å²) in [5, 5.41) is 15.0. The molecule has 0 spiro atoms. The molecule has 3 aromatic rings. The number of aromatic nitrogens is 3. The molecule has 1 aliphatic rings. The van der Waals surface area contributed by atoms with Crippen LogP contribution >= 0.6 is 34.2 Å². The molecule has 1 aliphatic heterocycles. The standard InChI is InChI=1S/C18H18ClIN4O/c1-11-17(20)18-21-16(23-7-3-6-14(23)10-25)9-15(24(18)22-11)12-4-2-5-13(19)8-12/h2,4-5,8-9,14,25H,3,6-7,10H2,1H3/t14-/m0/s1. The number of hydrogen-bond donors (Lipinski definition) is 1. The van der Waals surface area contributed by atoms with Crippen LogP contribution in [0.15, 0.2) is 30.3 Å². The second-order valence-corrected chi connectivity index (χ2v) is 7.83. The Bertz CT molecular complexity index is 942. The minimum Gasteiger partial charge on any atom is -0.394 e. The number of benzene rings is 1. The number of fused-ring (bicyclic) bond motifs is 1. The predicted molar refractivity (Wildman–Crippen MR) is 108 cm³/mol. The van der Waals surface area contributed by atoms with Crippen LogP contribution in [0.4, 0.5) is 5.82 Å². The molecule has 2 aromatic heterocycles. The van der Waals surface area contributed by atoms with Crippen molar-refractivity contribution in [1.82, 2.24) is 14.6 Å². The highest BCUT2D eigenvalue weighted by atomic mass is 127. The molecule has 1 fully saturated rings. The Kier molecular flexibility index (Phi) is 4.59. The molecular weight excluding hydrogens is 451 g/mol. The van der Waals surface area contributed by atoms with Gasteiger partial charge in [0.15, 0.2) is 5.65 Å². The highest BCUT2D eigenvalue weighted by Gasteiger charge is 2.26. The lowest BCUT2D eigenvalue weighted by Crippen LogP contribution is -2.32. The maximum Gasteiger partial charge on any atom is 0.171 e. The smallest absolute Gasteiger partial charge is 0.171 e. The molecule has 1 N–H and O–H groups in total. The Labute approximate surface area is 164 Å². The van der Waals surface area contributed by atoms with Gasteiger partial charge < -0.3 is 10.0 Å². The van der Waals surface area contributed by atoms with Crippen LogP contribution in [0.1, 0.15) is 18.5 Å². The van der Waals surface area contributed by atoms with Gasteiger partial charge >= 0.3 is 0 Å². The summed E-state index contributed by atoms with van der Waals surface area (Å²) in [5.41, 5.74) is 3.75. The van der Waals surface area contributed by atoms with E-state index in [-0.39, 0.29) is 12.6 Å². The Morgan fingerprint density at radius 2 is 2.20 bits per heavy atom. The molecule has 0 aliphatic carbocycles. The van der Waals surface area contributed by atoms with Crippen molar-refractivity contribution in [2.45, 2.75) is 25.8 Å². The third-order valence-corrected chi connectivity index (χ3v) is 6.18. The van der Waals surface area contributed by atoms with Crippen molar-refractivity contribution in [3.63, 3.8) is 0 Å². The van der Waals surface area contributed by atoms with E-state index in [1.54, 1.807) is 0 Å². The summed E-state index contributed by atoms with van der Waals surface area (Å²) >= 11 is 8.50. The van der Waals surface area contributed by atoms with Crippen molar-refractivity contribution in [3.05, 3.63) is 44.6 Å². The molecule has 0 bridgehead atoms. The van der Waals surface area contributed by atoms with Gasteiger partial charge in [0.05, 0.1) is 27.6 Å². The zero-order valence-corrected chi connectivity index (χ0v) is 16.7. The molecule has 3 heterocycles. The lowest BCUT2D eigenvalue weighted by Gasteiger charge is -2.25. The van der Waals surface area contributed by atoms with Gasteiger partial charge in [-0.05, 0) is 54.5 Å². The van der Waals surface area contributed by atoms with Crippen LogP contribution in [-0.2, 0) is 0 Å². The van der Waals surface area contributed by atoms with E-state index in [0.29, 0.717) is 5.02 Å². The molecule has 25 heavy (non-hydrogen) atoms. The number of anilines is 1. The third-order valence-electron chi connectivity index (χ3n) is 4.68. The zero-order valence-electron chi connectivity index (χ0n) is 13.8. The second-order valence-electron chi connectivity index (χ2n) is 6.32. The van der Waals surface area contributed by atoms with Crippen LogP contribution < -0.4 is 4.90 Å². The van der Waals surface area contributed by atoms with Crippen LogP contribution in [-0.4, -0.2) is 38.9 Å². The van der Waals surface area contributed by atoms with E-state index in [2.05, 4.69) is 38.7 Å². The van der Waals surface area contributed by atoms with Crippen LogP contribution in [0.3, 0.4) is 0 Å². The van der Waals surface area contributed by atoms with E-state index in [1.165, 1.54) is 0 Å². The Morgan fingerprint density at radius 1 is 1.36 bits per heavy atom. The van der Waals surface area contributed by atoms with E-state index in [0.717, 1.165) is 51.4 Å². The molecule has 1 saturated heterocycles. The summed E-state index contributed by atoms with van der Waals surface area (Å²) in [6, 6.07) is 9.96. The Balaban J connectivity index is 1.95. The van der Waals surface area contributed by atoms with Crippen molar-refractivity contribution in [1.29, 1.82) is 0 Å². The molecule has 130 valence electrons. The Hall–Kier alpha value is -1.38. The number of hydrogen-bond acceptors (Lipinski definition) is 4. The van der Waals surface area contributed by atoms with E-state index >= 15 is 0 Å². The minimum absolute atomic E-state index is 0.129. The number of aryl methyl sites for hydroxylation is 1. The molecule has 0 unspecified atom stereocenters. The predicted octanol–water partition coefficient (Wildman–Crippen LogP) is 3.92. The summed E-state index contributed by atoms with van der Waals surface area (Å²) in [6.07, 6.45) is 2.06. The number of aliphatic hydroxyl groups is 1. The quantitative estimate of drug-likeness (QED) is 0.592. The normalized spacial score (nSPS) is 17.6. The topological polar surface area (TPSA) is 53.7 Å². The highest BCUT2D eigenvalue weighted by molar-refractivity contribution is 14.1. The summed E-state index contributed by atoms with van der Waals surface area (Å²) in [4.78, 5) is 7.06. The van der Waals surface area contributed by atoms with Crippen LogP contribution in [0.25, 0.3) is 16.9 Å².